The molecule has 1 saturated carbocycles. The van der Waals surface area contributed by atoms with Gasteiger partial charge in [-0.1, -0.05) is 13.8 Å². The molecule has 1 aromatic rings. The van der Waals surface area contributed by atoms with Crippen molar-refractivity contribution in [1.82, 2.24) is 9.78 Å². The van der Waals surface area contributed by atoms with E-state index < -0.39 is 0 Å². The average molecular weight is 249 g/mol. The van der Waals surface area contributed by atoms with Gasteiger partial charge < -0.3 is 5.73 Å². The maximum absolute atomic E-state index is 6.56. The summed E-state index contributed by atoms with van der Waals surface area (Å²) in [5, 5.41) is 4.50. The molecule has 0 aliphatic heterocycles. The van der Waals surface area contributed by atoms with E-state index in [1.165, 1.54) is 30.5 Å². The number of aromatic nitrogens is 2. The van der Waals surface area contributed by atoms with Gasteiger partial charge in [-0.05, 0) is 50.9 Å². The lowest BCUT2D eigenvalue weighted by Crippen LogP contribution is -2.30. The number of hydrogen-bond acceptors (Lipinski definition) is 2. The Morgan fingerprint density at radius 2 is 1.72 bits per heavy atom. The Morgan fingerprint density at radius 1 is 1.17 bits per heavy atom. The van der Waals surface area contributed by atoms with Crippen molar-refractivity contribution in [2.24, 2.45) is 30.5 Å². The topological polar surface area (TPSA) is 43.8 Å². The van der Waals surface area contributed by atoms with Gasteiger partial charge in [-0.2, -0.15) is 5.10 Å². The van der Waals surface area contributed by atoms with E-state index >= 15 is 0 Å². The smallest absolute Gasteiger partial charge is 0.0644 e. The molecule has 18 heavy (non-hydrogen) atoms. The van der Waals surface area contributed by atoms with E-state index in [1.54, 1.807) is 0 Å². The Balaban J connectivity index is 2.22. The number of aryl methyl sites for hydroxylation is 2. The Morgan fingerprint density at radius 3 is 2.17 bits per heavy atom. The lowest BCUT2D eigenvalue weighted by atomic mass is 9.72. The van der Waals surface area contributed by atoms with E-state index in [9.17, 15) is 0 Å². The summed E-state index contributed by atoms with van der Waals surface area (Å²) in [6.45, 7) is 8.93. The zero-order chi connectivity index (χ0) is 13.4. The van der Waals surface area contributed by atoms with Gasteiger partial charge in [0.2, 0.25) is 0 Å². The van der Waals surface area contributed by atoms with E-state index in [0.29, 0.717) is 5.92 Å². The van der Waals surface area contributed by atoms with Crippen LogP contribution in [0.5, 0.6) is 0 Å². The van der Waals surface area contributed by atoms with Crippen LogP contribution >= 0.6 is 0 Å². The second kappa shape index (κ2) is 5.04. The van der Waals surface area contributed by atoms with Crippen LogP contribution in [0.2, 0.25) is 0 Å². The predicted molar refractivity (Wildman–Crippen MR) is 75.3 cm³/mol. The van der Waals surface area contributed by atoms with Crippen molar-refractivity contribution in [2.45, 2.75) is 53.0 Å². The predicted octanol–water partition coefficient (Wildman–Crippen LogP) is 3.11. The first-order valence-corrected chi connectivity index (χ1v) is 7.15. The van der Waals surface area contributed by atoms with Crippen LogP contribution in [0.15, 0.2) is 0 Å². The van der Waals surface area contributed by atoms with Gasteiger partial charge in [-0.15, -0.1) is 0 Å². The molecular weight excluding hydrogens is 222 g/mol. The molecule has 102 valence electrons. The minimum absolute atomic E-state index is 0.156. The molecule has 3 unspecified atom stereocenters. The van der Waals surface area contributed by atoms with E-state index in [0.717, 1.165) is 17.5 Å². The van der Waals surface area contributed by atoms with Crippen molar-refractivity contribution in [2.75, 3.05) is 0 Å². The monoisotopic (exact) mass is 249 g/mol. The minimum atomic E-state index is 0.156. The van der Waals surface area contributed by atoms with Crippen molar-refractivity contribution >= 4 is 0 Å². The molecule has 0 amide bonds. The maximum Gasteiger partial charge on any atom is 0.0644 e. The van der Waals surface area contributed by atoms with Gasteiger partial charge >= 0.3 is 0 Å². The Labute approximate surface area is 111 Å². The lowest BCUT2D eigenvalue weighted by Gasteiger charge is -2.35. The van der Waals surface area contributed by atoms with Crippen LogP contribution in [0, 0.1) is 31.6 Å². The van der Waals surface area contributed by atoms with Crippen molar-refractivity contribution in [1.29, 1.82) is 0 Å². The normalized spacial score (nSPS) is 30.4. The summed E-state index contributed by atoms with van der Waals surface area (Å²) in [5.74, 6) is 2.23. The SMILES string of the molecule is Cc1nn(C)c(C)c1C(N)C1CC(C)CC(C)C1. The molecule has 2 rings (SSSR count). The van der Waals surface area contributed by atoms with Crippen LogP contribution < -0.4 is 5.73 Å². The molecular formula is C15H27N3. The zero-order valence-electron chi connectivity index (χ0n) is 12.4. The van der Waals surface area contributed by atoms with Crippen LogP contribution in [0.4, 0.5) is 0 Å². The molecule has 3 atom stereocenters. The molecule has 1 aliphatic rings. The first kappa shape index (κ1) is 13.6. The van der Waals surface area contributed by atoms with Gasteiger partial charge in [-0.3, -0.25) is 4.68 Å². The summed E-state index contributed by atoms with van der Waals surface area (Å²) in [4.78, 5) is 0. The summed E-state index contributed by atoms with van der Waals surface area (Å²) >= 11 is 0. The number of nitrogens with two attached hydrogens (primary N) is 1. The van der Waals surface area contributed by atoms with Gasteiger partial charge in [0.1, 0.15) is 0 Å². The van der Waals surface area contributed by atoms with Gasteiger partial charge in [0.15, 0.2) is 0 Å². The van der Waals surface area contributed by atoms with Gasteiger partial charge in [-0.25, -0.2) is 0 Å². The Bertz CT molecular complexity index is 412. The van der Waals surface area contributed by atoms with Gasteiger partial charge in [0.25, 0.3) is 0 Å². The van der Waals surface area contributed by atoms with E-state index in [-0.39, 0.29) is 6.04 Å². The molecule has 1 fully saturated rings. The first-order valence-electron chi connectivity index (χ1n) is 7.15. The van der Waals surface area contributed by atoms with Crippen LogP contribution in [0.25, 0.3) is 0 Å². The molecule has 0 saturated heterocycles. The van der Waals surface area contributed by atoms with Crippen LogP contribution in [0.3, 0.4) is 0 Å². The fourth-order valence-corrected chi connectivity index (χ4v) is 3.81. The van der Waals surface area contributed by atoms with Crippen molar-refractivity contribution in [3.63, 3.8) is 0 Å². The Hall–Kier alpha value is -0.830. The number of nitrogens with zero attached hydrogens (tertiary/aromatic N) is 2. The molecule has 3 heteroatoms. The summed E-state index contributed by atoms with van der Waals surface area (Å²) in [5.41, 5.74) is 10.2. The van der Waals surface area contributed by atoms with Crippen LogP contribution in [0.1, 0.15) is 56.1 Å². The lowest BCUT2D eigenvalue weighted by molar-refractivity contribution is 0.193. The van der Waals surface area contributed by atoms with E-state index in [2.05, 4.69) is 32.8 Å². The maximum atomic E-state index is 6.56. The highest BCUT2D eigenvalue weighted by Crippen LogP contribution is 2.39. The van der Waals surface area contributed by atoms with Crippen molar-refractivity contribution in [3.05, 3.63) is 17.0 Å². The largest absolute Gasteiger partial charge is 0.324 e. The molecule has 0 bridgehead atoms. The summed E-state index contributed by atoms with van der Waals surface area (Å²) < 4.78 is 1.96. The minimum Gasteiger partial charge on any atom is -0.324 e. The summed E-state index contributed by atoms with van der Waals surface area (Å²) in [7, 11) is 2.00. The molecule has 1 heterocycles. The highest BCUT2D eigenvalue weighted by atomic mass is 15.3. The molecule has 1 aliphatic carbocycles. The van der Waals surface area contributed by atoms with Gasteiger partial charge in [0, 0.05) is 24.3 Å². The first-order chi connectivity index (χ1) is 8.40. The van der Waals surface area contributed by atoms with Crippen molar-refractivity contribution < 1.29 is 0 Å². The molecule has 0 spiro atoms. The summed E-state index contributed by atoms with van der Waals surface area (Å²) in [6.07, 6.45) is 3.88. The molecule has 2 N–H and O–H groups in total. The highest BCUT2D eigenvalue weighted by Gasteiger charge is 2.31. The average Bonchev–Trinajstić information content (AvgIpc) is 2.51. The molecule has 1 aromatic heterocycles. The number of rotatable bonds is 2. The molecule has 0 aromatic carbocycles. The second-order valence-electron chi connectivity index (χ2n) is 6.41. The third kappa shape index (κ3) is 2.46. The standard InChI is InChI=1S/C15H27N3/c1-9-6-10(2)8-13(7-9)15(16)14-11(3)17-18(5)12(14)4/h9-10,13,15H,6-8,16H2,1-5H3. The molecule has 3 nitrogen and oxygen atoms in total. The van der Waals surface area contributed by atoms with Crippen LogP contribution in [-0.4, -0.2) is 9.78 Å². The summed E-state index contributed by atoms with van der Waals surface area (Å²) in [6, 6.07) is 0.156. The van der Waals surface area contributed by atoms with E-state index in [1.807, 2.05) is 11.7 Å². The van der Waals surface area contributed by atoms with Gasteiger partial charge in [0.05, 0.1) is 5.69 Å². The van der Waals surface area contributed by atoms with E-state index in [4.69, 9.17) is 5.73 Å². The second-order valence-corrected chi connectivity index (χ2v) is 6.41. The molecule has 0 radical (unpaired) electrons. The quantitative estimate of drug-likeness (QED) is 0.875. The fraction of sp³-hybridized carbons (Fsp3) is 0.800. The number of hydrogen-bond donors (Lipinski definition) is 1. The highest BCUT2D eigenvalue weighted by molar-refractivity contribution is 5.28. The fourth-order valence-electron chi connectivity index (χ4n) is 3.81. The third-order valence-corrected chi connectivity index (χ3v) is 4.62. The van der Waals surface area contributed by atoms with Crippen molar-refractivity contribution in [3.8, 4) is 0 Å². The van der Waals surface area contributed by atoms with Crippen LogP contribution in [-0.2, 0) is 7.05 Å². The third-order valence-electron chi connectivity index (χ3n) is 4.62. The Kier molecular flexibility index (Phi) is 3.81. The zero-order valence-corrected chi connectivity index (χ0v) is 12.4.